The molecule has 0 aliphatic heterocycles. The van der Waals surface area contributed by atoms with Crippen LogP contribution in [0.2, 0.25) is 0 Å². The molecule has 1 atom stereocenters. The van der Waals surface area contributed by atoms with Gasteiger partial charge in [0.2, 0.25) is 11.1 Å². The third kappa shape index (κ3) is 4.70. The van der Waals surface area contributed by atoms with Crippen molar-refractivity contribution in [2.45, 2.75) is 58.7 Å². The fourth-order valence-corrected chi connectivity index (χ4v) is 3.59. The molecular formula is C21H27N5OS. The second-order valence-corrected chi connectivity index (χ2v) is 8.14. The quantitative estimate of drug-likeness (QED) is 0.616. The van der Waals surface area contributed by atoms with Crippen LogP contribution in [-0.2, 0) is 11.2 Å². The van der Waals surface area contributed by atoms with E-state index in [-0.39, 0.29) is 11.9 Å². The minimum absolute atomic E-state index is 0.000808. The molecular weight excluding hydrogens is 370 g/mol. The number of carbonyl (C=O) groups excluding carboxylic acids is 1. The van der Waals surface area contributed by atoms with Crippen molar-refractivity contribution in [2.75, 3.05) is 5.75 Å². The van der Waals surface area contributed by atoms with E-state index in [9.17, 15) is 4.79 Å². The van der Waals surface area contributed by atoms with Gasteiger partial charge < -0.3 is 5.32 Å². The molecule has 3 aromatic rings. The summed E-state index contributed by atoms with van der Waals surface area (Å²) in [4.78, 5) is 21.1. The van der Waals surface area contributed by atoms with Gasteiger partial charge >= 0.3 is 0 Å². The number of fused-ring (bicyclic) bond motifs is 1. The van der Waals surface area contributed by atoms with Gasteiger partial charge in [-0.3, -0.25) is 4.79 Å². The number of aromatic nitrogens is 4. The van der Waals surface area contributed by atoms with E-state index in [1.165, 1.54) is 22.9 Å². The zero-order valence-corrected chi connectivity index (χ0v) is 17.9. The van der Waals surface area contributed by atoms with E-state index >= 15 is 0 Å². The summed E-state index contributed by atoms with van der Waals surface area (Å²) in [6.45, 7) is 10.2. The average molecular weight is 398 g/mol. The van der Waals surface area contributed by atoms with E-state index in [0.717, 1.165) is 29.8 Å². The molecule has 1 amide bonds. The summed E-state index contributed by atoms with van der Waals surface area (Å²) in [5.74, 6) is 0.877. The fourth-order valence-electron chi connectivity index (χ4n) is 2.97. The molecule has 148 valence electrons. The second kappa shape index (κ2) is 8.73. The number of nitrogens with zero attached hydrogens (tertiary/aromatic N) is 4. The van der Waals surface area contributed by atoms with Gasteiger partial charge in [0.25, 0.3) is 5.78 Å². The van der Waals surface area contributed by atoms with Crippen molar-refractivity contribution < 1.29 is 4.79 Å². The normalized spacial score (nSPS) is 12.3. The third-order valence-electron chi connectivity index (χ3n) is 4.88. The van der Waals surface area contributed by atoms with Crippen LogP contribution in [0.5, 0.6) is 0 Å². The maximum Gasteiger partial charge on any atom is 0.253 e. The monoisotopic (exact) mass is 397 g/mol. The van der Waals surface area contributed by atoms with Crippen molar-refractivity contribution in [3.05, 3.63) is 52.3 Å². The van der Waals surface area contributed by atoms with Gasteiger partial charge in [0.05, 0.1) is 5.75 Å². The van der Waals surface area contributed by atoms with Crippen molar-refractivity contribution in [3.63, 3.8) is 0 Å². The van der Waals surface area contributed by atoms with Gasteiger partial charge in [0, 0.05) is 23.9 Å². The Balaban J connectivity index is 1.79. The second-order valence-electron chi connectivity index (χ2n) is 7.20. The number of benzene rings is 1. The molecule has 2 heterocycles. The van der Waals surface area contributed by atoms with Crippen LogP contribution in [0, 0.1) is 20.8 Å². The Hall–Kier alpha value is -2.41. The molecule has 1 aromatic carbocycles. The largest absolute Gasteiger partial charge is 0.353 e. The van der Waals surface area contributed by atoms with E-state index < -0.39 is 0 Å². The topological polar surface area (TPSA) is 72.2 Å². The predicted octanol–water partition coefficient (Wildman–Crippen LogP) is 3.65. The molecule has 1 unspecified atom stereocenters. The first-order valence-corrected chi connectivity index (χ1v) is 10.6. The SMILES string of the molecule is CCC(C)NC(=O)CSc1nc2nc(C)c(Cc3ccc(C)cc3)c(C)n2n1. The summed E-state index contributed by atoms with van der Waals surface area (Å²) in [6, 6.07) is 8.73. The van der Waals surface area contributed by atoms with Crippen LogP contribution in [0.4, 0.5) is 0 Å². The smallest absolute Gasteiger partial charge is 0.253 e. The van der Waals surface area contributed by atoms with Crippen molar-refractivity contribution in [1.82, 2.24) is 24.9 Å². The number of rotatable bonds is 7. The lowest BCUT2D eigenvalue weighted by molar-refractivity contribution is -0.119. The standard InChI is InChI=1S/C21H27N5OS/c1-6-14(3)22-19(27)12-28-21-24-20-23-15(4)18(16(5)26(20)25-21)11-17-9-7-13(2)8-10-17/h7-10,14H,6,11-12H2,1-5H3,(H,22,27). The number of nitrogens with one attached hydrogen (secondary N) is 1. The summed E-state index contributed by atoms with van der Waals surface area (Å²) in [5, 5.41) is 8.09. The van der Waals surface area contributed by atoms with Crippen molar-refractivity contribution >= 4 is 23.4 Å². The third-order valence-corrected chi connectivity index (χ3v) is 5.72. The highest BCUT2D eigenvalue weighted by Gasteiger charge is 2.15. The number of aryl methyl sites for hydroxylation is 3. The summed E-state index contributed by atoms with van der Waals surface area (Å²) in [5.41, 5.74) is 5.65. The Morgan fingerprint density at radius 1 is 1.18 bits per heavy atom. The van der Waals surface area contributed by atoms with Gasteiger partial charge in [-0.2, -0.15) is 4.98 Å². The van der Waals surface area contributed by atoms with Crippen molar-refractivity contribution in [1.29, 1.82) is 0 Å². The molecule has 0 aliphatic carbocycles. The Morgan fingerprint density at radius 2 is 1.89 bits per heavy atom. The van der Waals surface area contributed by atoms with Crippen LogP contribution in [0.15, 0.2) is 29.4 Å². The molecule has 0 saturated heterocycles. The van der Waals surface area contributed by atoms with Gasteiger partial charge in [0.15, 0.2) is 0 Å². The minimum Gasteiger partial charge on any atom is -0.353 e. The summed E-state index contributed by atoms with van der Waals surface area (Å²) < 4.78 is 1.78. The molecule has 0 aliphatic rings. The van der Waals surface area contributed by atoms with Crippen LogP contribution in [0.1, 0.15) is 48.3 Å². The average Bonchev–Trinajstić information content (AvgIpc) is 3.08. The maximum absolute atomic E-state index is 12.0. The maximum atomic E-state index is 12.0. The Bertz CT molecular complexity index is 981. The first-order chi connectivity index (χ1) is 13.4. The van der Waals surface area contributed by atoms with Crippen LogP contribution in [-0.4, -0.2) is 37.3 Å². The van der Waals surface area contributed by atoms with E-state index in [1.54, 1.807) is 4.52 Å². The van der Waals surface area contributed by atoms with Crippen LogP contribution < -0.4 is 5.32 Å². The zero-order chi connectivity index (χ0) is 20.3. The van der Waals surface area contributed by atoms with E-state index in [2.05, 4.69) is 51.6 Å². The molecule has 0 spiro atoms. The fraction of sp³-hybridized carbons (Fsp3) is 0.429. The van der Waals surface area contributed by atoms with Crippen molar-refractivity contribution in [3.8, 4) is 0 Å². The van der Waals surface area contributed by atoms with E-state index in [4.69, 9.17) is 0 Å². The summed E-state index contributed by atoms with van der Waals surface area (Å²) in [7, 11) is 0. The van der Waals surface area contributed by atoms with Gasteiger partial charge in [-0.15, -0.1) is 5.10 Å². The Labute approximate surface area is 170 Å². The van der Waals surface area contributed by atoms with Gasteiger partial charge in [-0.05, 0) is 45.2 Å². The molecule has 7 heteroatoms. The molecule has 3 rings (SSSR count). The molecule has 0 radical (unpaired) electrons. The van der Waals surface area contributed by atoms with Gasteiger partial charge in [-0.25, -0.2) is 9.50 Å². The highest BCUT2D eigenvalue weighted by molar-refractivity contribution is 7.99. The highest BCUT2D eigenvalue weighted by atomic mass is 32.2. The van der Waals surface area contributed by atoms with Gasteiger partial charge in [-0.1, -0.05) is 48.5 Å². The number of carbonyl (C=O) groups is 1. The van der Waals surface area contributed by atoms with Crippen LogP contribution >= 0.6 is 11.8 Å². The highest BCUT2D eigenvalue weighted by Crippen LogP contribution is 2.20. The molecule has 0 saturated carbocycles. The van der Waals surface area contributed by atoms with Crippen LogP contribution in [0.25, 0.3) is 5.78 Å². The molecule has 2 aromatic heterocycles. The zero-order valence-electron chi connectivity index (χ0n) is 17.1. The predicted molar refractivity (Wildman–Crippen MR) is 113 cm³/mol. The summed E-state index contributed by atoms with van der Waals surface area (Å²) >= 11 is 1.34. The Kier molecular flexibility index (Phi) is 6.34. The van der Waals surface area contributed by atoms with Crippen molar-refractivity contribution in [2.24, 2.45) is 0 Å². The lowest BCUT2D eigenvalue weighted by Crippen LogP contribution is -2.33. The molecule has 6 nitrogen and oxygen atoms in total. The first-order valence-electron chi connectivity index (χ1n) is 9.58. The lowest BCUT2D eigenvalue weighted by atomic mass is 10.0. The molecule has 28 heavy (non-hydrogen) atoms. The van der Waals surface area contributed by atoms with E-state index in [0.29, 0.717) is 16.7 Å². The minimum atomic E-state index is -0.000808. The number of hydrogen-bond acceptors (Lipinski definition) is 5. The molecule has 0 fully saturated rings. The number of thioether (sulfide) groups is 1. The summed E-state index contributed by atoms with van der Waals surface area (Å²) in [6.07, 6.45) is 1.72. The number of hydrogen-bond donors (Lipinski definition) is 1. The Morgan fingerprint density at radius 3 is 2.57 bits per heavy atom. The molecule has 1 N–H and O–H groups in total. The first kappa shape index (κ1) is 20.3. The lowest BCUT2D eigenvalue weighted by Gasteiger charge is -2.10. The molecule has 0 bridgehead atoms. The van der Waals surface area contributed by atoms with Crippen LogP contribution in [0.3, 0.4) is 0 Å². The number of amides is 1. The van der Waals surface area contributed by atoms with Gasteiger partial charge in [0.1, 0.15) is 0 Å². The van der Waals surface area contributed by atoms with E-state index in [1.807, 2.05) is 27.7 Å².